The van der Waals surface area contributed by atoms with E-state index in [1.807, 2.05) is 0 Å². The second-order valence-corrected chi connectivity index (χ2v) is 4.38. The Morgan fingerprint density at radius 2 is 2.26 bits per heavy atom. The minimum absolute atomic E-state index is 0.194. The Morgan fingerprint density at radius 1 is 1.47 bits per heavy atom. The average Bonchev–Trinajstić information content (AvgIpc) is 2.33. The van der Waals surface area contributed by atoms with Crippen LogP contribution in [0, 0.1) is 17.7 Å². The molecule has 0 radical (unpaired) electrons. The lowest BCUT2D eigenvalue weighted by Gasteiger charge is -2.26. The molecule has 19 heavy (non-hydrogen) atoms. The molecule has 2 amide bonds. The largest absolute Gasteiger partial charge is 0.384 e. The molecule has 1 aromatic rings. The molecular formula is C14H15FN2O2. The molecule has 100 valence electrons. The second kappa shape index (κ2) is 6.21. The molecule has 1 aliphatic carbocycles. The van der Waals surface area contributed by atoms with Crippen LogP contribution in [0.5, 0.6) is 0 Å². The predicted octanol–water partition coefficient (Wildman–Crippen LogP) is 1.84. The number of hydrogen-bond donors (Lipinski definition) is 3. The van der Waals surface area contributed by atoms with Crippen LogP contribution in [0.15, 0.2) is 18.2 Å². The van der Waals surface area contributed by atoms with E-state index in [2.05, 4.69) is 22.5 Å². The topological polar surface area (TPSA) is 61.4 Å². The molecular weight excluding hydrogens is 247 g/mol. The summed E-state index contributed by atoms with van der Waals surface area (Å²) in [6.45, 7) is -0.316. The number of nitrogens with one attached hydrogen (secondary N) is 2. The molecule has 0 aliphatic heterocycles. The Kier molecular flexibility index (Phi) is 4.37. The molecule has 0 saturated heterocycles. The first-order chi connectivity index (χ1) is 9.19. The van der Waals surface area contributed by atoms with Crippen molar-refractivity contribution in [2.75, 3.05) is 11.9 Å². The summed E-state index contributed by atoms with van der Waals surface area (Å²) in [6, 6.07) is 4.17. The van der Waals surface area contributed by atoms with Crippen LogP contribution >= 0.6 is 0 Å². The Labute approximate surface area is 111 Å². The summed E-state index contributed by atoms with van der Waals surface area (Å²) in [4.78, 5) is 11.6. The van der Waals surface area contributed by atoms with Gasteiger partial charge >= 0.3 is 6.03 Å². The molecule has 0 bridgehead atoms. The maximum atomic E-state index is 13.6. The predicted molar refractivity (Wildman–Crippen MR) is 70.2 cm³/mol. The number of hydrogen-bond acceptors (Lipinski definition) is 2. The molecule has 0 unspecified atom stereocenters. The molecule has 1 aliphatic rings. The Morgan fingerprint density at radius 3 is 2.84 bits per heavy atom. The van der Waals surface area contributed by atoms with E-state index in [0.29, 0.717) is 5.69 Å². The normalized spacial score (nSPS) is 14.0. The van der Waals surface area contributed by atoms with E-state index >= 15 is 0 Å². The van der Waals surface area contributed by atoms with Gasteiger partial charge in [-0.05, 0) is 37.5 Å². The van der Waals surface area contributed by atoms with Gasteiger partial charge in [0.05, 0.1) is 5.56 Å². The number of benzene rings is 1. The third-order valence-electron chi connectivity index (χ3n) is 2.97. The fourth-order valence-corrected chi connectivity index (χ4v) is 1.73. The van der Waals surface area contributed by atoms with Crippen LogP contribution in [0.25, 0.3) is 0 Å². The lowest BCUT2D eigenvalue weighted by atomic mass is 9.93. The minimum Gasteiger partial charge on any atom is -0.384 e. The average molecular weight is 262 g/mol. The first-order valence-electron chi connectivity index (χ1n) is 6.16. The standard InChI is InChI=1S/C14H15FN2O2/c15-13-9-12(7-6-10(13)3-2-8-18)17-14(19)16-11-4-1-5-11/h6-7,9,11,18H,1,4-5,8H2,(H2,16,17,19). The SMILES string of the molecule is O=C(Nc1ccc(C#CCO)c(F)c1)NC1CCC1. The van der Waals surface area contributed by atoms with E-state index in [9.17, 15) is 9.18 Å². The van der Waals surface area contributed by atoms with Gasteiger partial charge in [-0.3, -0.25) is 0 Å². The minimum atomic E-state index is -0.526. The zero-order valence-corrected chi connectivity index (χ0v) is 10.4. The van der Waals surface area contributed by atoms with Crippen LogP contribution < -0.4 is 10.6 Å². The number of anilines is 1. The lowest BCUT2D eigenvalue weighted by molar-refractivity contribution is 0.240. The van der Waals surface area contributed by atoms with E-state index in [0.717, 1.165) is 19.3 Å². The smallest absolute Gasteiger partial charge is 0.319 e. The van der Waals surface area contributed by atoms with Crippen LogP contribution in [0.1, 0.15) is 24.8 Å². The van der Waals surface area contributed by atoms with Crippen LogP contribution in [0.4, 0.5) is 14.9 Å². The number of carbonyl (C=O) groups is 1. The first kappa shape index (κ1) is 13.4. The molecule has 0 heterocycles. The van der Waals surface area contributed by atoms with Crippen LogP contribution in [0.2, 0.25) is 0 Å². The number of aliphatic hydroxyl groups excluding tert-OH is 1. The fraction of sp³-hybridized carbons (Fsp3) is 0.357. The molecule has 0 spiro atoms. The molecule has 3 N–H and O–H groups in total. The summed E-state index contributed by atoms with van der Waals surface area (Å²) in [5, 5.41) is 13.9. The van der Waals surface area contributed by atoms with Gasteiger partial charge in [-0.25, -0.2) is 9.18 Å². The molecule has 0 atom stereocenters. The maximum Gasteiger partial charge on any atom is 0.319 e. The quantitative estimate of drug-likeness (QED) is 0.712. The monoisotopic (exact) mass is 262 g/mol. The zero-order valence-electron chi connectivity index (χ0n) is 10.4. The van der Waals surface area contributed by atoms with Crippen molar-refractivity contribution in [2.24, 2.45) is 0 Å². The van der Waals surface area contributed by atoms with Crippen molar-refractivity contribution in [3.8, 4) is 11.8 Å². The van der Waals surface area contributed by atoms with Gasteiger partial charge in [-0.1, -0.05) is 11.8 Å². The van der Waals surface area contributed by atoms with Gasteiger partial charge in [0, 0.05) is 11.7 Å². The molecule has 1 fully saturated rings. The summed E-state index contributed by atoms with van der Waals surface area (Å²) in [7, 11) is 0. The first-order valence-corrected chi connectivity index (χ1v) is 6.16. The molecule has 2 rings (SSSR count). The summed E-state index contributed by atoms with van der Waals surface area (Å²) in [6.07, 6.45) is 3.13. The van der Waals surface area contributed by atoms with Crippen molar-refractivity contribution in [1.82, 2.24) is 5.32 Å². The Bertz CT molecular complexity index is 530. The van der Waals surface area contributed by atoms with Gasteiger partial charge in [0.25, 0.3) is 0 Å². The van der Waals surface area contributed by atoms with Crippen molar-refractivity contribution in [1.29, 1.82) is 0 Å². The number of urea groups is 1. The van der Waals surface area contributed by atoms with Gasteiger partial charge in [0.1, 0.15) is 12.4 Å². The summed E-state index contributed by atoms with van der Waals surface area (Å²) < 4.78 is 13.6. The van der Waals surface area contributed by atoms with Crippen molar-refractivity contribution < 1.29 is 14.3 Å². The molecule has 4 nitrogen and oxygen atoms in total. The van der Waals surface area contributed by atoms with Crippen molar-refractivity contribution in [3.63, 3.8) is 0 Å². The number of halogens is 1. The Hall–Kier alpha value is -2.06. The van der Waals surface area contributed by atoms with Crippen LogP contribution in [0.3, 0.4) is 0 Å². The molecule has 5 heteroatoms. The highest BCUT2D eigenvalue weighted by Gasteiger charge is 2.19. The van der Waals surface area contributed by atoms with E-state index in [4.69, 9.17) is 5.11 Å². The third kappa shape index (κ3) is 3.70. The number of rotatable bonds is 2. The zero-order chi connectivity index (χ0) is 13.7. The third-order valence-corrected chi connectivity index (χ3v) is 2.97. The molecule has 1 saturated carbocycles. The van der Waals surface area contributed by atoms with Gasteiger partial charge in [0.15, 0.2) is 0 Å². The van der Waals surface area contributed by atoms with Gasteiger partial charge in [-0.15, -0.1) is 0 Å². The number of aliphatic hydroxyl groups is 1. The second-order valence-electron chi connectivity index (χ2n) is 4.38. The number of amides is 2. The van der Waals surface area contributed by atoms with Crippen molar-refractivity contribution >= 4 is 11.7 Å². The molecule has 1 aromatic carbocycles. The summed E-state index contributed by atoms with van der Waals surface area (Å²) in [5.74, 6) is 4.34. The van der Waals surface area contributed by atoms with Crippen molar-refractivity contribution in [3.05, 3.63) is 29.6 Å². The highest BCUT2D eigenvalue weighted by Crippen LogP contribution is 2.18. The van der Waals surface area contributed by atoms with Crippen LogP contribution in [-0.2, 0) is 0 Å². The lowest BCUT2D eigenvalue weighted by Crippen LogP contribution is -2.41. The van der Waals surface area contributed by atoms with Gasteiger partial charge < -0.3 is 15.7 Å². The van der Waals surface area contributed by atoms with E-state index < -0.39 is 5.82 Å². The molecule has 0 aromatic heterocycles. The van der Waals surface area contributed by atoms with E-state index in [1.54, 1.807) is 6.07 Å². The fourth-order valence-electron chi connectivity index (χ4n) is 1.73. The van der Waals surface area contributed by atoms with Gasteiger partial charge in [-0.2, -0.15) is 0 Å². The van der Waals surface area contributed by atoms with E-state index in [-0.39, 0.29) is 24.2 Å². The highest BCUT2D eigenvalue weighted by atomic mass is 19.1. The maximum absolute atomic E-state index is 13.6. The summed E-state index contributed by atoms with van der Waals surface area (Å²) >= 11 is 0. The van der Waals surface area contributed by atoms with E-state index in [1.165, 1.54) is 12.1 Å². The summed E-state index contributed by atoms with van der Waals surface area (Å²) in [5.41, 5.74) is 0.572. The van der Waals surface area contributed by atoms with Gasteiger partial charge in [0.2, 0.25) is 0 Å². The number of carbonyl (C=O) groups excluding carboxylic acids is 1. The van der Waals surface area contributed by atoms with Crippen LogP contribution in [-0.4, -0.2) is 23.8 Å². The highest BCUT2D eigenvalue weighted by molar-refractivity contribution is 5.89. The van der Waals surface area contributed by atoms with Crippen molar-refractivity contribution in [2.45, 2.75) is 25.3 Å². The Balaban J connectivity index is 1.96.